The summed E-state index contributed by atoms with van der Waals surface area (Å²) in [5.74, 6) is 1.44. The molecule has 17 heavy (non-hydrogen) atoms. The molecule has 2 atom stereocenters. The van der Waals surface area contributed by atoms with Gasteiger partial charge in [0.05, 0.1) is 0 Å². The van der Waals surface area contributed by atoms with Crippen LogP contribution in [0.4, 0.5) is 0 Å². The molecule has 0 spiro atoms. The summed E-state index contributed by atoms with van der Waals surface area (Å²) in [6.45, 7) is 7.88. The van der Waals surface area contributed by atoms with E-state index in [1.54, 1.807) is 11.1 Å². The van der Waals surface area contributed by atoms with Gasteiger partial charge in [-0.15, -0.1) is 0 Å². The quantitative estimate of drug-likeness (QED) is 0.806. The maximum atomic E-state index is 3.55. The van der Waals surface area contributed by atoms with E-state index in [1.807, 2.05) is 0 Å². The third-order valence-electron chi connectivity index (χ3n) is 4.31. The van der Waals surface area contributed by atoms with E-state index in [4.69, 9.17) is 0 Å². The lowest BCUT2D eigenvalue weighted by Gasteiger charge is -2.31. The van der Waals surface area contributed by atoms with Crippen LogP contribution < -0.4 is 5.32 Å². The van der Waals surface area contributed by atoms with Crippen molar-refractivity contribution in [2.24, 2.45) is 0 Å². The third kappa shape index (κ3) is 2.71. The molecule has 0 radical (unpaired) electrons. The van der Waals surface area contributed by atoms with E-state index in [0.717, 1.165) is 12.5 Å². The van der Waals surface area contributed by atoms with E-state index >= 15 is 0 Å². The summed E-state index contributed by atoms with van der Waals surface area (Å²) in [6.07, 6.45) is 4.19. The topological polar surface area (TPSA) is 12.0 Å². The average molecular weight is 231 g/mol. The van der Waals surface area contributed by atoms with Crippen LogP contribution in [-0.4, -0.2) is 12.6 Å². The zero-order valence-corrected chi connectivity index (χ0v) is 11.4. The second kappa shape index (κ2) is 5.68. The number of nitrogens with one attached hydrogen (secondary N) is 1. The lowest BCUT2D eigenvalue weighted by atomic mass is 9.75. The maximum absolute atomic E-state index is 3.55. The van der Waals surface area contributed by atoms with E-state index in [-0.39, 0.29) is 0 Å². The fourth-order valence-corrected chi connectivity index (χ4v) is 2.78. The summed E-state index contributed by atoms with van der Waals surface area (Å²) in [5.41, 5.74) is 3.17. The lowest BCUT2D eigenvalue weighted by Crippen LogP contribution is -2.31. The third-order valence-corrected chi connectivity index (χ3v) is 4.31. The number of benzene rings is 1. The molecule has 1 nitrogen and oxygen atoms in total. The molecule has 2 unspecified atom stereocenters. The molecule has 0 aromatic heterocycles. The largest absolute Gasteiger partial charge is 0.314 e. The van der Waals surface area contributed by atoms with Crippen LogP contribution in [0.25, 0.3) is 0 Å². The molecule has 1 aliphatic rings. The minimum absolute atomic E-state index is 0.557. The van der Waals surface area contributed by atoms with Crippen molar-refractivity contribution >= 4 is 0 Å². The van der Waals surface area contributed by atoms with Gasteiger partial charge in [0.1, 0.15) is 0 Å². The minimum Gasteiger partial charge on any atom is -0.314 e. The van der Waals surface area contributed by atoms with Gasteiger partial charge >= 0.3 is 0 Å². The molecule has 94 valence electrons. The van der Waals surface area contributed by atoms with Crippen LogP contribution in [0.2, 0.25) is 0 Å². The highest BCUT2D eigenvalue weighted by atomic mass is 14.9. The second-order valence-corrected chi connectivity index (χ2v) is 5.39. The van der Waals surface area contributed by atoms with Crippen LogP contribution >= 0.6 is 0 Å². The van der Waals surface area contributed by atoms with Crippen molar-refractivity contribution in [3.05, 3.63) is 35.4 Å². The summed E-state index contributed by atoms with van der Waals surface area (Å²) in [5, 5.41) is 3.55. The second-order valence-electron chi connectivity index (χ2n) is 5.39. The summed E-state index contributed by atoms with van der Waals surface area (Å²) < 4.78 is 0. The van der Waals surface area contributed by atoms with Crippen LogP contribution in [0.5, 0.6) is 0 Å². The number of likely N-dealkylation sites (N-methyl/N-ethyl adjacent to an activating group) is 1. The standard InChI is InChI=1S/C16H25N/c1-4-17-13(3)12(2)15-10-5-6-11-16(15)14-8-7-9-14/h5-6,10-14,17H,4,7-9H2,1-3H3. The molecule has 2 rings (SSSR count). The zero-order valence-electron chi connectivity index (χ0n) is 11.4. The van der Waals surface area contributed by atoms with Crippen molar-refractivity contribution in [2.45, 2.75) is 57.9 Å². The first-order valence-electron chi connectivity index (χ1n) is 7.06. The van der Waals surface area contributed by atoms with Crippen LogP contribution in [0.15, 0.2) is 24.3 Å². The summed E-state index contributed by atoms with van der Waals surface area (Å²) in [7, 11) is 0. The Morgan fingerprint density at radius 3 is 2.53 bits per heavy atom. The maximum Gasteiger partial charge on any atom is 0.0105 e. The SMILES string of the molecule is CCNC(C)C(C)c1ccccc1C1CCC1. The minimum atomic E-state index is 0.557. The summed E-state index contributed by atoms with van der Waals surface area (Å²) >= 11 is 0. The Hall–Kier alpha value is -0.820. The molecular formula is C16H25N. The van der Waals surface area contributed by atoms with E-state index in [0.29, 0.717) is 12.0 Å². The Labute approximate surface area is 106 Å². The highest BCUT2D eigenvalue weighted by molar-refractivity contribution is 5.35. The normalized spacial score (nSPS) is 19.7. The van der Waals surface area contributed by atoms with Crippen molar-refractivity contribution in [3.63, 3.8) is 0 Å². The summed E-state index contributed by atoms with van der Waals surface area (Å²) in [4.78, 5) is 0. The van der Waals surface area contributed by atoms with Gasteiger partial charge in [-0.25, -0.2) is 0 Å². The van der Waals surface area contributed by atoms with Gasteiger partial charge in [0.25, 0.3) is 0 Å². The first kappa shape index (κ1) is 12.6. The Kier molecular flexibility index (Phi) is 4.22. The van der Waals surface area contributed by atoms with E-state index < -0.39 is 0 Å². The van der Waals surface area contributed by atoms with Crippen molar-refractivity contribution in [1.82, 2.24) is 5.32 Å². The number of hydrogen-bond acceptors (Lipinski definition) is 1. The van der Waals surface area contributed by atoms with Crippen molar-refractivity contribution < 1.29 is 0 Å². The van der Waals surface area contributed by atoms with Crippen molar-refractivity contribution in [3.8, 4) is 0 Å². The molecule has 1 fully saturated rings. The molecule has 1 aromatic carbocycles. The molecule has 1 aliphatic carbocycles. The first-order valence-corrected chi connectivity index (χ1v) is 7.06. The molecule has 1 aromatic rings. The Bertz CT molecular complexity index is 354. The average Bonchev–Trinajstić information content (AvgIpc) is 2.27. The monoisotopic (exact) mass is 231 g/mol. The predicted octanol–water partition coefficient (Wildman–Crippen LogP) is 4.06. The molecule has 1 saturated carbocycles. The first-order chi connectivity index (χ1) is 8.24. The summed E-state index contributed by atoms with van der Waals surface area (Å²) in [6, 6.07) is 9.61. The van der Waals surface area contributed by atoms with Gasteiger partial charge in [-0.3, -0.25) is 0 Å². The molecule has 1 heteroatoms. The molecule has 0 aliphatic heterocycles. The van der Waals surface area contributed by atoms with E-state index in [2.05, 4.69) is 50.4 Å². The van der Waals surface area contributed by atoms with Gasteiger partial charge in [0, 0.05) is 6.04 Å². The van der Waals surface area contributed by atoms with Gasteiger partial charge in [0.15, 0.2) is 0 Å². The Morgan fingerprint density at radius 2 is 1.94 bits per heavy atom. The molecule has 0 heterocycles. The smallest absolute Gasteiger partial charge is 0.0105 e. The molecule has 0 amide bonds. The van der Waals surface area contributed by atoms with Crippen molar-refractivity contribution in [2.75, 3.05) is 6.54 Å². The van der Waals surface area contributed by atoms with Gasteiger partial charge in [0.2, 0.25) is 0 Å². The molecule has 0 saturated heterocycles. The van der Waals surface area contributed by atoms with Crippen molar-refractivity contribution in [1.29, 1.82) is 0 Å². The van der Waals surface area contributed by atoms with Crippen LogP contribution in [0.1, 0.15) is 63.0 Å². The Morgan fingerprint density at radius 1 is 1.24 bits per heavy atom. The van der Waals surface area contributed by atoms with Crippen LogP contribution in [-0.2, 0) is 0 Å². The fourth-order valence-electron chi connectivity index (χ4n) is 2.78. The van der Waals surface area contributed by atoms with E-state index in [1.165, 1.54) is 19.3 Å². The van der Waals surface area contributed by atoms with E-state index in [9.17, 15) is 0 Å². The van der Waals surface area contributed by atoms with Gasteiger partial charge in [-0.05, 0) is 49.3 Å². The molecular weight excluding hydrogens is 206 g/mol. The predicted molar refractivity (Wildman–Crippen MR) is 74.6 cm³/mol. The highest BCUT2D eigenvalue weighted by Gasteiger charge is 2.24. The number of rotatable bonds is 5. The van der Waals surface area contributed by atoms with Crippen LogP contribution in [0, 0.1) is 0 Å². The highest BCUT2D eigenvalue weighted by Crippen LogP contribution is 2.40. The van der Waals surface area contributed by atoms with Crippen LogP contribution in [0.3, 0.4) is 0 Å². The zero-order chi connectivity index (χ0) is 12.3. The molecule has 0 bridgehead atoms. The fraction of sp³-hybridized carbons (Fsp3) is 0.625. The number of hydrogen-bond donors (Lipinski definition) is 1. The lowest BCUT2D eigenvalue weighted by molar-refractivity contribution is 0.410. The van der Waals surface area contributed by atoms with Gasteiger partial charge < -0.3 is 5.32 Å². The van der Waals surface area contributed by atoms with Gasteiger partial charge in [-0.1, -0.05) is 44.5 Å². The van der Waals surface area contributed by atoms with Gasteiger partial charge in [-0.2, -0.15) is 0 Å². The molecule has 1 N–H and O–H groups in total. The Balaban J connectivity index is 2.18.